The molecule has 1 saturated carbocycles. The number of aliphatic carboxylic acids is 1. The van der Waals surface area contributed by atoms with Crippen molar-refractivity contribution in [2.45, 2.75) is 52.0 Å². The molecule has 1 heterocycles. The van der Waals surface area contributed by atoms with E-state index in [-0.39, 0.29) is 11.3 Å². The summed E-state index contributed by atoms with van der Waals surface area (Å²) in [6.45, 7) is 6.25. The number of para-hydroxylation sites is 2. The number of aryl methyl sites for hydroxylation is 3. The largest absolute Gasteiger partial charge is 0.481 e. The van der Waals surface area contributed by atoms with Crippen molar-refractivity contribution in [3.8, 4) is 0 Å². The summed E-state index contributed by atoms with van der Waals surface area (Å²) in [5.41, 5.74) is 5.14. The highest BCUT2D eigenvalue weighted by Gasteiger charge is 2.51. The van der Waals surface area contributed by atoms with Crippen LogP contribution in [-0.4, -0.2) is 33.4 Å². The molecule has 0 radical (unpaired) electrons. The zero-order chi connectivity index (χ0) is 21.3. The Kier molecular flexibility index (Phi) is 5.69. The van der Waals surface area contributed by atoms with Crippen LogP contribution in [0.5, 0.6) is 0 Å². The molecule has 0 saturated heterocycles. The first-order valence-corrected chi connectivity index (χ1v) is 11.4. The summed E-state index contributed by atoms with van der Waals surface area (Å²) in [6.07, 6.45) is 4.15. The number of anilines is 1. The van der Waals surface area contributed by atoms with Crippen LogP contribution in [0.2, 0.25) is 0 Å². The minimum atomic E-state index is -0.840. The van der Waals surface area contributed by atoms with E-state index in [1.165, 1.54) is 11.8 Å². The molecule has 1 N–H and O–H groups in total. The molecule has 156 valence electrons. The Labute approximate surface area is 181 Å². The van der Waals surface area contributed by atoms with Gasteiger partial charge in [0.25, 0.3) is 0 Å². The van der Waals surface area contributed by atoms with Crippen molar-refractivity contribution in [2.24, 2.45) is 9.98 Å². The Balaban J connectivity index is 1.88. The summed E-state index contributed by atoms with van der Waals surface area (Å²) in [7, 11) is 0. The first kappa shape index (κ1) is 20.7. The Morgan fingerprint density at radius 2 is 1.70 bits per heavy atom. The van der Waals surface area contributed by atoms with E-state index in [2.05, 4.69) is 49.9 Å². The van der Waals surface area contributed by atoms with Gasteiger partial charge in [0.15, 0.2) is 11.0 Å². The van der Waals surface area contributed by atoms with Crippen molar-refractivity contribution in [1.82, 2.24) is 0 Å². The third-order valence-electron chi connectivity index (χ3n) is 6.01. The fraction of sp³-hybridized carbons (Fsp3) is 0.375. The van der Waals surface area contributed by atoms with Gasteiger partial charge in [0.1, 0.15) is 5.54 Å². The normalized spacial score (nSPS) is 19.0. The average Bonchev–Trinajstić information content (AvgIpc) is 3.30. The second-order valence-corrected chi connectivity index (χ2v) is 9.06. The predicted octanol–water partition coefficient (Wildman–Crippen LogP) is 5.65. The fourth-order valence-electron chi connectivity index (χ4n) is 4.52. The molecule has 2 aromatic rings. The van der Waals surface area contributed by atoms with Gasteiger partial charge in [0.05, 0.1) is 11.4 Å². The van der Waals surface area contributed by atoms with Crippen LogP contribution in [0.1, 0.15) is 42.4 Å². The van der Waals surface area contributed by atoms with Crippen molar-refractivity contribution in [3.63, 3.8) is 0 Å². The second-order valence-electron chi connectivity index (χ2n) is 8.11. The summed E-state index contributed by atoms with van der Waals surface area (Å²) >= 11 is 1.28. The molecule has 1 aliphatic heterocycles. The lowest BCUT2D eigenvalue weighted by atomic mass is 9.93. The molecule has 1 aliphatic carbocycles. The number of hydrogen-bond donors (Lipinski definition) is 1. The maximum Gasteiger partial charge on any atom is 0.313 e. The van der Waals surface area contributed by atoms with E-state index in [0.29, 0.717) is 0 Å². The van der Waals surface area contributed by atoms with Crippen molar-refractivity contribution in [3.05, 3.63) is 59.2 Å². The average molecular weight is 422 g/mol. The standard InChI is InChI=1S/C24H27N3O2S/c1-16-9-4-5-12-19(16)27-23(30-15-20(28)29)26-22(24(27)13-6-7-14-24)25-21-17(2)10-8-11-18(21)3/h4-5,8-12H,6-7,13-15H2,1-3H3,(H,28,29). The molecule has 2 aliphatic rings. The van der Waals surface area contributed by atoms with Crippen LogP contribution >= 0.6 is 11.8 Å². The number of carboxylic acid groups (broad SMARTS) is 1. The first-order chi connectivity index (χ1) is 14.4. The third-order valence-corrected chi connectivity index (χ3v) is 6.93. The lowest BCUT2D eigenvalue weighted by Crippen LogP contribution is -2.49. The molecule has 4 rings (SSSR count). The van der Waals surface area contributed by atoms with Crippen molar-refractivity contribution in [1.29, 1.82) is 0 Å². The lowest BCUT2D eigenvalue weighted by Gasteiger charge is -2.37. The van der Waals surface area contributed by atoms with E-state index < -0.39 is 5.97 Å². The first-order valence-electron chi connectivity index (χ1n) is 10.4. The molecule has 1 spiro atoms. The van der Waals surface area contributed by atoms with Gasteiger partial charge in [0.2, 0.25) is 0 Å². The van der Waals surface area contributed by atoms with Crippen molar-refractivity contribution in [2.75, 3.05) is 10.7 Å². The molecule has 0 unspecified atom stereocenters. The van der Waals surface area contributed by atoms with Crippen LogP contribution in [0.25, 0.3) is 0 Å². The van der Waals surface area contributed by atoms with Gasteiger partial charge in [-0.25, -0.2) is 9.98 Å². The smallest absolute Gasteiger partial charge is 0.313 e. The highest BCUT2D eigenvalue weighted by molar-refractivity contribution is 8.14. The Bertz CT molecular complexity index is 1020. The SMILES string of the molecule is Cc1ccccc1N1C(SCC(=O)O)=NC(=Nc2c(C)cccc2C)C12CCCC2. The highest BCUT2D eigenvalue weighted by Crippen LogP contribution is 2.46. The number of aliphatic imine (C=N–C) groups is 2. The summed E-state index contributed by atoms with van der Waals surface area (Å²) in [5.74, 6) is -0.0462. The van der Waals surface area contributed by atoms with Crippen molar-refractivity contribution >= 4 is 40.1 Å². The van der Waals surface area contributed by atoms with E-state index in [1.54, 1.807) is 0 Å². The van der Waals surface area contributed by atoms with Crippen LogP contribution in [0.3, 0.4) is 0 Å². The number of amidine groups is 2. The number of thioether (sulfide) groups is 1. The topological polar surface area (TPSA) is 65.3 Å². The summed E-state index contributed by atoms with van der Waals surface area (Å²) in [5, 5.41) is 10.0. The molecule has 0 bridgehead atoms. The van der Waals surface area contributed by atoms with E-state index in [9.17, 15) is 9.90 Å². The lowest BCUT2D eigenvalue weighted by molar-refractivity contribution is -0.133. The van der Waals surface area contributed by atoms with E-state index in [4.69, 9.17) is 9.98 Å². The van der Waals surface area contributed by atoms with Crippen molar-refractivity contribution < 1.29 is 9.90 Å². The minimum absolute atomic E-state index is 0.0199. The molecular formula is C24H27N3O2S. The van der Waals surface area contributed by atoms with E-state index in [1.807, 2.05) is 18.2 Å². The molecular weight excluding hydrogens is 394 g/mol. The van der Waals surface area contributed by atoms with Crippen LogP contribution in [0.15, 0.2) is 52.4 Å². The molecule has 6 heteroatoms. The van der Waals surface area contributed by atoms with Gasteiger partial charge in [-0.2, -0.15) is 0 Å². The maximum absolute atomic E-state index is 11.3. The fourth-order valence-corrected chi connectivity index (χ4v) is 5.33. The Morgan fingerprint density at radius 1 is 1.07 bits per heavy atom. The van der Waals surface area contributed by atoms with E-state index in [0.717, 1.165) is 64.8 Å². The Hall–Kier alpha value is -2.60. The van der Waals surface area contributed by atoms with Gasteiger partial charge < -0.3 is 10.0 Å². The van der Waals surface area contributed by atoms with Gasteiger partial charge in [0, 0.05) is 5.69 Å². The van der Waals surface area contributed by atoms with Crippen LogP contribution in [0, 0.1) is 20.8 Å². The van der Waals surface area contributed by atoms with Crippen LogP contribution in [0.4, 0.5) is 11.4 Å². The molecule has 1 fully saturated rings. The highest BCUT2D eigenvalue weighted by atomic mass is 32.2. The van der Waals surface area contributed by atoms with Gasteiger partial charge in [-0.1, -0.05) is 61.0 Å². The molecule has 0 atom stereocenters. The number of nitrogens with zero attached hydrogens (tertiary/aromatic N) is 3. The predicted molar refractivity (Wildman–Crippen MR) is 125 cm³/mol. The maximum atomic E-state index is 11.3. The molecule has 5 nitrogen and oxygen atoms in total. The zero-order valence-electron chi connectivity index (χ0n) is 17.7. The summed E-state index contributed by atoms with van der Waals surface area (Å²) in [6, 6.07) is 14.5. The second kappa shape index (κ2) is 8.26. The van der Waals surface area contributed by atoms with Gasteiger partial charge in [-0.3, -0.25) is 4.79 Å². The summed E-state index contributed by atoms with van der Waals surface area (Å²) in [4.78, 5) is 23.7. The minimum Gasteiger partial charge on any atom is -0.481 e. The van der Waals surface area contributed by atoms with Crippen LogP contribution in [-0.2, 0) is 4.79 Å². The quantitative estimate of drug-likeness (QED) is 0.693. The van der Waals surface area contributed by atoms with Gasteiger partial charge >= 0.3 is 5.97 Å². The number of carboxylic acids is 1. The number of hydrogen-bond acceptors (Lipinski definition) is 4. The molecule has 0 aromatic heterocycles. The number of carbonyl (C=O) groups is 1. The zero-order valence-corrected chi connectivity index (χ0v) is 18.5. The summed E-state index contributed by atoms with van der Waals surface area (Å²) < 4.78 is 0. The molecule has 2 aromatic carbocycles. The Morgan fingerprint density at radius 3 is 2.33 bits per heavy atom. The molecule has 0 amide bonds. The number of rotatable bonds is 4. The monoisotopic (exact) mass is 421 g/mol. The van der Waals surface area contributed by atoms with Gasteiger partial charge in [-0.15, -0.1) is 0 Å². The third kappa shape index (κ3) is 3.65. The molecule has 30 heavy (non-hydrogen) atoms. The number of benzene rings is 2. The van der Waals surface area contributed by atoms with E-state index >= 15 is 0 Å². The van der Waals surface area contributed by atoms with Crippen LogP contribution < -0.4 is 4.90 Å². The van der Waals surface area contributed by atoms with Gasteiger partial charge in [-0.05, 0) is 56.4 Å².